The maximum atomic E-state index is 12.5. The molecule has 6 heteroatoms. The molecular formula is C20H21ClN2O2S. The second kappa shape index (κ2) is 7.64. The number of hydrogen-bond donors (Lipinski definition) is 1. The van der Waals surface area contributed by atoms with Gasteiger partial charge in [-0.15, -0.1) is 0 Å². The van der Waals surface area contributed by atoms with E-state index in [4.69, 9.17) is 16.3 Å². The Balaban J connectivity index is 1.74. The molecule has 26 heavy (non-hydrogen) atoms. The predicted molar refractivity (Wildman–Crippen MR) is 109 cm³/mol. The van der Waals surface area contributed by atoms with Gasteiger partial charge in [-0.25, -0.2) is 4.98 Å². The fourth-order valence-corrected chi connectivity index (χ4v) is 3.77. The molecule has 0 bridgehead atoms. The third-order valence-electron chi connectivity index (χ3n) is 4.04. The largest absolute Gasteiger partial charge is 0.481 e. The van der Waals surface area contributed by atoms with Crippen LogP contribution in [-0.4, -0.2) is 17.0 Å². The summed E-state index contributed by atoms with van der Waals surface area (Å²) in [5.74, 6) is 0.833. The van der Waals surface area contributed by atoms with Crippen molar-refractivity contribution in [2.24, 2.45) is 0 Å². The number of amides is 1. The van der Waals surface area contributed by atoms with Gasteiger partial charge in [0.05, 0.1) is 10.2 Å². The van der Waals surface area contributed by atoms with Gasteiger partial charge in [-0.3, -0.25) is 10.1 Å². The number of aromatic nitrogens is 1. The number of rotatable bonds is 5. The lowest BCUT2D eigenvalue weighted by atomic mass is 10.0. The topological polar surface area (TPSA) is 51.2 Å². The number of nitrogens with one attached hydrogen (secondary N) is 1. The number of thiazole rings is 1. The molecule has 1 heterocycles. The van der Waals surface area contributed by atoms with Gasteiger partial charge < -0.3 is 4.74 Å². The summed E-state index contributed by atoms with van der Waals surface area (Å²) in [6, 6.07) is 11.5. The second-order valence-corrected chi connectivity index (χ2v) is 8.04. The SMILES string of the molecule is Cc1ccc(C(C)C)c(OC(C)C(=O)Nc2nc3ccc(Cl)cc3s2)c1. The molecule has 0 radical (unpaired) electrons. The Morgan fingerprint density at radius 1 is 1.19 bits per heavy atom. The predicted octanol–water partition coefficient (Wildman–Crippen LogP) is 5.79. The molecule has 0 aliphatic rings. The molecular weight excluding hydrogens is 368 g/mol. The summed E-state index contributed by atoms with van der Waals surface area (Å²) in [7, 11) is 0. The Hall–Kier alpha value is -2.11. The van der Waals surface area contributed by atoms with Gasteiger partial charge in [-0.05, 0) is 55.2 Å². The van der Waals surface area contributed by atoms with Crippen molar-refractivity contribution >= 4 is 44.2 Å². The monoisotopic (exact) mass is 388 g/mol. The number of fused-ring (bicyclic) bond motifs is 1. The summed E-state index contributed by atoms with van der Waals surface area (Å²) in [5.41, 5.74) is 2.99. The normalized spacial score (nSPS) is 12.4. The molecule has 0 saturated carbocycles. The first-order valence-corrected chi connectivity index (χ1v) is 9.67. The Morgan fingerprint density at radius 2 is 1.96 bits per heavy atom. The average molecular weight is 389 g/mol. The third kappa shape index (κ3) is 4.17. The van der Waals surface area contributed by atoms with Crippen LogP contribution in [0.2, 0.25) is 5.02 Å². The third-order valence-corrected chi connectivity index (χ3v) is 5.21. The lowest BCUT2D eigenvalue weighted by Gasteiger charge is -2.19. The Kier molecular flexibility index (Phi) is 5.49. The van der Waals surface area contributed by atoms with Gasteiger partial charge in [0.2, 0.25) is 0 Å². The van der Waals surface area contributed by atoms with Crippen molar-refractivity contribution in [1.82, 2.24) is 4.98 Å². The summed E-state index contributed by atoms with van der Waals surface area (Å²) in [5, 5.41) is 4.02. The van der Waals surface area contributed by atoms with Crippen LogP contribution in [0.15, 0.2) is 36.4 Å². The van der Waals surface area contributed by atoms with Crippen molar-refractivity contribution in [2.75, 3.05) is 5.32 Å². The molecule has 0 aliphatic heterocycles. The maximum Gasteiger partial charge on any atom is 0.266 e. The van der Waals surface area contributed by atoms with Gasteiger partial charge in [0, 0.05) is 5.02 Å². The zero-order valence-electron chi connectivity index (χ0n) is 15.2. The smallest absolute Gasteiger partial charge is 0.266 e. The fraction of sp³-hybridized carbons (Fsp3) is 0.300. The van der Waals surface area contributed by atoms with Gasteiger partial charge in [-0.1, -0.05) is 48.9 Å². The fourth-order valence-electron chi connectivity index (χ4n) is 2.62. The Bertz CT molecular complexity index is 952. The number of carbonyl (C=O) groups excluding carboxylic acids is 1. The van der Waals surface area contributed by atoms with Crippen LogP contribution in [0.5, 0.6) is 5.75 Å². The number of nitrogens with zero attached hydrogens (tertiary/aromatic N) is 1. The van der Waals surface area contributed by atoms with Crippen LogP contribution in [0.3, 0.4) is 0 Å². The van der Waals surface area contributed by atoms with Gasteiger partial charge >= 0.3 is 0 Å². The van der Waals surface area contributed by atoms with E-state index in [1.165, 1.54) is 11.3 Å². The number of carbonyl (C=O) groups is 1. The first-order chi connectivity index (χ1) is 12.3. The average Bonchev–Trinajstić information content (AvgIpc) is 2.95. The van der Waals surface area contributed by atoms with Crippen molar-refractivity contribution in [3.63, 3.8) is 0 Å². The lowest BCUT2D eigenvalue weighted by molar-refractivity contribution is -0.122. The number of anilines is 1. The van der Waals surface area contributed by atoms with Crippen molar-refractivity contribution in [3.05, 3.63) is 52.5 Å². The van der Waals surface area contributed by atoms with Crippen LogP contribution in [-0.2, 0) is 4.79 Å². The van der Waals surface area contributed by atoms with Crippen molar-refractivity contribution < 1.29 is 9.53 Å². The lowest BCUT2D eigenvalue weighted by Crippen LogP contribution is -2.30. The highest BCUT2D eigenvalue weighted by molar-refractivity contribution is 7.22. The first-order valence-electron chi connectivity index (χ1n) is 8.47. The summed E-state index contributed by atoms with van der Waals surface area (Å²) >= 11 is 7.39. The van der Waals surface area contributed by atoms with Gasteiger partial charge in [0.1, 0.15) is 5.75 Å². The van der Waals surface area contributed by atoms with E-state index in [0.717, 1.165) is 27.1 Å². The van der Waals surface area contributed by atoms with Crippen LogP contribution in [0.4, 0.5) is 5.13 Å². The van der Waals surface area contributed by atoms with E-state index in [0.29, 0.717) is 16.1 Å². The Morgan fingerprint density at radius 3 is 2.69 bits per heavy atom. The summed E-state index contributed by atoms with van der Waals surface area (Å²) in [6.45, 7) is 7.96. The minimum atomic E-state index is -0.634. The molecule has 3 rings (SSSR count). The van der Waals surface area contributed by atoms with E-state index >= 15 is 0 Å². The zero-order chi connectivity index (χ0) is 18.8. The van der Waals surface area contributed by atoms with Crippen LogP contribution in [0.25, 0.3) is 10.2 Å². The molecule has 0 aliphatic carbocycles. The highest BCUT2D eigenvalue weighted by Gasteiger charge is 2.19. The highest BCUT2D eigenvalue weighted by Crippen LogP contribution is 2.30. The van der Waals surface area contributed by atoms with E-state index in [1.54, 1.807) is 13.0 Å². The number of ether oxygens (including phenoxy) is 1. The van der Waals surface area contributed by atoms with Crippen molar-refractivity contribution in [2.45, 2.75) is 39.7 Å². The molecule has 2 aromatic carbocycles. The molecule has 0 fully saturated rings. The number of hydrogen-bond acceptors (Lipinski definition) is 4. The molecule has 136 valence electrons. The number of halogens is 1. The van der Waals surface area contributed by atoms with Crippen LogP contribution < -0.4 is 10.1 Å². The highest BCUT2D eigenvalue weighted by atomic mass is 35.5. The van der Waals surface area contributed by atoms with E-state index in [-0.39, 0.29) is 5.91 Å². The van der Waals surface area contributed by atoms with E-state index in [2.05, 4.69) is 36.3 Å². The zero-order valence-corrected chi connectivity index (χ0v) is 16.7. The standard InChI is InChI=1S/C20H21ClN2O2S/c1-11(2)15-7-5-12(3)9-17(15)25-13(4)19(24)23-20-22-16-8-6-14(21)10-18(16)26-20/h5-11,13H,1-4H3,(H,22,23,24). The molecule has 0 spiro atoms. The molecule has 4 nitrogen and oxygen atoms in total. The molecule has 0 saturated heterocycles. The molecule has 1 amide bonds. The van der Waals surface area contributed by atoms with E-state index in [9.17, 15) is 4.79 Å². The second-order valence-electron chi connectivity index (χ2n) is 6.58. The summed E-state index contributed by atoms with van der Waals surface area (Å²) < 4.78 is 6.89. The van der Waals surface area contributed by atoms with Crippen LogP contribution in [0.1, 0.15) is 37.8 Å². The molecule has 1 atom stereocenters. The minimum Gasteiger partial charge on any atom is -0.481 e. The number of benzene rings is 2. The molecule has 1 aromatic heterocycles. The van der Waals surface area contributed by atoms with Crippen molar-refractivity contribution in [3.8, 4) is 5.75 Å². The maximum absolute atomic E-state index is 12.5. The molecule has 1 N–H and O–H groups in total. The summed E-state index contributed by atoms with van der Waals surface area (Å²) in [4.78, 5) is 16.9. The van der Waals surface area contributed by atoms with E-state index < -0.39 is 6.10 Å². The van der Waals surface area contributed by atoms with Gasteiger partial charge in [0.15, 0.2) is 11.2 Å². The number of aryl methyl sites for hydroxylation is 1. The van der Waals surface area contributed by atoms with Gasteiger partial charge in [-0.2, -0.15) is 0 Å². The molecule has 3 aromatic rings. The van der Waals surface area contributed by atoms with E-state index in [1.807, 2.05) is 25.1 Å². The summed E-state index contributed by atoms with van der Waals surface area (Å²) in [6.07, 6.45) is -0.634. The van der Waals surface area contributed by atoms with Crippen LogP contribution >= 0.6 is 22.9 Å². The molecule has 1 unspecified atom stereocenters. The quantitative estimate of drug-likeness (QED) is 0.602. The minimum absolute atomic E-state index is 0.230. The van der Waals surface area contributed by atoms with Crippen molar-refractivity contribution in [1.29, 1.82) is 0 Å². The Labute approximate surface area is 162 Å². The van der Waals surface area contributed by atoms with Gasteiger partial charge in [0.25, 0.3) is 5.91 Å². The van der Waals surface area contributed by atoms with Crippen LogP contribution in [0, 0.1) is 6.92 Å². The first kappa shape index (κ1) is 18.7.